The fourth-order valence-corrected chi connectivity index (χ4v) is 14.7. The van der Waals surface area contributed by atoms with Gasteiger partial charge in [-0.25, -0.2) is 9.97 Å². The third kappa shape index (κ3) is 4.61. The second-order valence-electron chi connectivity index (χ2n) is 14.9. The Balaban J connectivity index is 1.08. The van der Waals surface area contributed by atoms with Crippen molar-refractivity contribution in [3.8, 4) is 39.6 Å². The normalized spacial score (nSPS) is 13.1. The van der Waals surface area contributed by atoms with Gasteiger partial charge in [0, 0.05) is 49.1 Å². The van der Waals surface area contributed by atoms with Crippen LogP contribution in [0.25, 0.3) is 83.3 Å². The van der Waals surface area contributed by atoms with Gasteiger partial charge < -0.3 is 8.98 Å². The van der Waals surface area contributed by atoms with E-state index in [1.165, 1.54) is 37.1 Å². The molecule has 0 amide bonds. The van der Waals surface area contributed by atoms with Gasteiger partial charge in [0.1, 0.15) is 11.2 Å². The Morgan fingerprint density at radius 2 is 1.04 bits per heavy atom. The predicted molar refractivity (Wildman–Crippen MR) is 237 cm³/mol. The van der Waals surface area contributed by atoms with Gasteiger partial charge in [0.2, 0.25) is 0 Å². The van der Waals surface area contributed by atoms with Gasteiger partial charge in [-0.15, -0.1) is 0 Å². The number of hydrogen-bond acceptors (Lipinski definition) is 3. The molecule has 0 bridgehead atoms. The largest absolute Gasteiger partial charge is 0.456 e. The van der Waals surface area contributed by atoms with Gasteiger partial charge in [-0.2, -0.15) is 0 Å². The Kier molecular flexibility index (Phi) is 6.91. The van der Waals surface area contributed by atoms with Gasteiger partial charge in [0.25, 0.3) is 0 Å². The van der Waals surface area contributed by atoms with Crippen LogP contribution in [-0.4, -0.2) is 22.6 Å². The molecule has 0 saturated carbocycles. The molecule has 0 atom stereocenters. The molecular formula is C52H33N3OSi. The molecule has 0 spiro atoms. The highest BCUT2D eigenvalue weighted by molar-refractivity contribution is 7.22. The molecule has 5 heteroatoms. The first-order valence-electron chi connectivity index (χ1n) is 19.4. The predicted octanol–water partition coefficient (Wildman–Crippen LogP) is 10.2. The zero-order valence-corrected chi connectivity index (χ0v) is 31.8. The van der Waals surface area contributed by atoms with Gasteiger partial charge in [-0.05, 0) is 64.1 Å². The van der Waals surface area contributed by atoms with Crippen LogP contribution in [0.2, 0.25) is 0 Å². The molecule has 1 aliphatic heterocycles. The number of fused-ring (bicyclic) bond motifs is 9. The Hall–Kier alpha value is -7.34. The molecule has 4 heterocycles. The van der Waals surface area contributed by atoms with Gasteiger partial charge >= 0.3 is 0 Å². The monoisotopic (exact) mass is 743 g/mol. The number of rotatable bonds is 5. The quantitative estimate of drug-likeness (QED) is 0.165. The summed E-state index contributed by atoms with van der Waals surface area (Å²) in [6.07, 6.45) is 0. The Labute approximate surface area is 330 Å². The molecule has 8 aromatic carbocycles. The average Bonchev–Trinajstić information content (AvgIpc) is 3.92. The molecule has 0 aliphatic carbocycles. The van der Waals surface area contributed by atoms with Crippen molar-refractivity contribution in [1.82, 2.24) is 14.5 Å². The maximum atomic E-state index is 6.33. The van der Waals surface area contributed by atoms with E-state index in [9.17, 15) is 0 Å². The van der Waals surface area contributed by atoms with Crippen LogP contribution in [0.1, 0.15) is 0 Å². The summed E-state index contributed by atoms with van der Waals surface area (Å²) in [6.45, 7) is 0. The van der Waals surface area contributed by atoms with Gasteiger partial charge in [-0.3, -0.25) is 0 Å². The lowest BCUT2D eigenvalue weighted by Crippen LogP contribution is -2.73. The van der Waals surface area contributed by atoms with Crippen molar-refractivity contribution >= 4 is 72.6 Å². The fraction of sp³-hybridized carbons (Fsp3) is 0. The lowest BCUT2D eigenvalue weighted by molar-refractivity contribution is 0.669. The van der Waals surface area contributed by atoms with Crippen molar-refractivity contribution in [3.05, 3.63) is 200 Å². The zero-order chi connectivity index (χ0) is 37.5. The molecule has 266 valence electrons. The number of hydrogen-bond donors (Lipinski definition) is 0. The number of furan rings is 1. The highest BCUT2D eigenvalue weighted by Gasteiger charge is 2.51. The van der Waals surface area contributed by atoms with Crippen molar-refractivity contribution in [2.24, 2.45) is 0 Å². The van der Waals surface area contributed by atoms with E-state index in [0.29, 0.717) is 5.82 Å². The maximum Gasteiger partial charge on any atom is 0.185 e. The van der Waals surface area contributed by atoms with Crippen LogP contribution < -0.4 is 20.7 Å². The van der Waals surface area contributed by atoms with E-state index in [2.05, 4.69) is 193 Å². The minimum Gasteiger partial charge on any atom is -0.456 e. The smallest absolute Gasteiger partial charge is 0.185 e. The second kappa shape index (κ2) is 12.3. The number of aromatic nitrogens is 3. The highest BCUT2D eigenvalue weighted by Crippen LogP contribution is 2.39. The summed E-state index contributed by atoms with van der Waals surface area (Å²) in [5, 5.41) is 9.84. The van der Waals surface area contributed by atoms with Crippen LogP contribution >= 0.6 is 0 Å². The number of benzene rings is 8. The summed E-state index contributed by atoms with van der Waals surface area (Å²) in [7, 11) is -2.84. The maximum absolute atomic E-state index is 6.33. The van der Waals surface area contributed by atoms with Crippen molar-refractivity contribution in [2.45, 2.75) is 0 Å². The average molecular weight is 744 g/mol. The SMILES string of the molecule is c1ccc(-c2nc(-c3ccc(-n4c5ccccc5c5cc6oc7ccccc7c6cc54)cc3)nc3c2[Si](c2ccccc2)(c2ccccc2)c2ccccc2-3)cc1. The van der Waals surface area contributed by atoms with Crippen LogP contribution in [0.4, 0.5) is 0 Å². The Morgan fingerprint density at radius 1 is 0.421 bits per heavy atom. The van der Waals surface area contributed by atoms with Gasteiger partial charge in [0.15, 0.2) is 13.9 Å². The summed E-state index contributed by atoms with van der Waals surface area (Å²) in [5.41, 5.74) is 10.4. The molecule has 1 aliphatic rings. The first kappa shape index (κ1) is 32.0. The summed E-state index contributed by atoms with van der Waals surface area (Å²) in [5.74, 6) is 0.716. The first-order valence-corrected chi connectivity index (χ1v) is 21.4. The Morgan fingerprint density at radius 3 is 1.79 bits per heavy atom. The van der Waals surface area contributed by atoms with E-state index in [-0.39, 0.29) is 0 Å². The summed E-state index contributed by atoms with van der Waals surface area (Å²) in [4.78, 5) is 11.1. The molecule has 0 fully saturated rings. The number of para-hydroxylation sites is 2. The standard InChI is InChI=1S/C52H33N3OSi/c1-4-16-34(17-5-1)49-51-50(41-24-12-15-27-48(41)57(51,37-18-6-2-7-19-37)38-20-8-3-9-21-38)54-52(53-49)35-28-30-36(31-29-35)55-44-25-13-10-22-39(44)42-33-47-43(32-45(42)55)40-23-11-14-26-46(40)56-47/h1-33H. The van der Waals surface area contributed by atoms with Crippen molar-refractivity contribution < 1.29 is 4.42 Å². The van der Waals surface area contributed by atoms with Gasteiger partial charge in [-0.1, -0.05) is 152 Å². The minimum absolute atomic E-state index is 0.716. The fourth-order valence-electron chi connectivity index (χ4n) is 9.46. The number of nitrogens with zero attached hydrogens (tertiary/aromatic N) is 3. The van der Waals surface area contributed by atoms with Crippen molar-refractivity contribution in [3.63, 3.8) is 0 Å². The zero-order valence-electron chi connectivity index (χ0n) is 30.8. The molecule has 3 aromatic heterocycles. The van der Waals surface area contributed by atoms with Crippen molar-refractivity contribution in [2.75, 3.05) is 0 Å². The molecule has 11 aromatic rings. The lowest BCUT2D eigenvalue weighted by Gasteiger charge is -2.32. The van der Waals surface area contributed by atoms with E-state index >= 15 is 0 Å². The highest BCUT2D eigenvalue weighted by atomic mass is 28.3. The molecule has 0 saturated heterocycles. The molecule has 0 radical (unpaired) electrons. The minimum atomic E-state index is -2.84. The van der Waals surface area contributed by atoms with Crippen LogP contribution in [0.5, 0.6) is 0 Å². The van der Waals surface area contributed by atoms with Gasteiger partial charge in [0.05, 0.1) is 22.4 Å². The summed E-state index contributed by atoms with van der Waals surface area (Å²) < 4.78 is 8.69. The van der Waals surface area contributed by atoms with E-state index in [1.807, 2.05) is 12.1 Å². The van der Waals surface area contributed by atoms with E-state index in [0.717, 1.165) is 61.2 Å². The molecule has 0 N–H and O–H groups in total. The summed E-state index contributed by atoms with van der Waals surface area (Å²) in [6, 6.07) is 71.9. The molecule has 4 nitrogen and oxygen atoms in total. The molecular weight excluding hydrogens is 711 g/mol. The van der Waals surface area contributed by atoms with Crippen LogP contribution in [0, 0.1) is 0 Å². The molecule has 0 unspecified atom stereocenters. The van der Waals surface area contributed by atoms with E-state index in [4.69, 9.17) is 14.4 Å². The molecule has 57 heavy (non-hydrogen) atoms. The van der Waals surface area contributed by atoms with Crippen LogP contribution in [0.3, 0.4) is 0 Å². The van der Waals surface area contributed by atoms with E-state index in [1.54, 1.807) is 0 Å². The third-order valence-electron chi connectivity index (χ3n) is 11.9. The van der Waals surface area contributed by atoms with E-state index < -0.39 is 8.07 Å². The summed E-state index contributed by atoms with van der Waals surface area (Å²) >= 11 is 0. The molecule has 12 rings (SSSR count). The topological polar surface area (TPSA) is 43.9 Å². The first-order chi connectivity index (χ1) is 28.3. The second-order valence-corrected chi connectivity index (χ2v) is 18.6. The van der Waals surface area contributed by atoms with Crippen LogP contribution in [-0.2, 0) is 0 Å². The lowest BCUT2D eigenvalue weighted by atomic mass is 10.1. The Bertz CT molecular complexity index is 3300. The van der Waals surface area contributed by atoms with Crippen molar-refractivity contribution in [1.29, 1.82) is 0 Å². The third-order valence-corrected chi connectivity index (χ3v) is 16.8. The van der Waals surface area contributed by atoms with Crippen LogP contribution in [0.15, 0.2) is 205 Å².